The molecule has 0 unspecified atom stereocenters. The molecule has 0 aliphatic carbocycles. The molecule has 0 heterocycles. The van der Waals surface area contributed by atoms with Crippen LogP contribution in [0.5, 0.6) is 0 Å². The molecule has 2 heteroatoms. The Morgan fingerprint density at radius 3 is 1.15 bits per heavy atom. The first-order valence-corrected chi connectivity index (χ1v) is 23.1. The molecule has 0 fully saturated rings. The van der Waals surface area contributed by atoms with Gasteiger partial charge in [0.05, 0.1) is 0 Å². The summed E-state index contributed by atoms with van der Waals surface area (Å²) in [6.07, 6.45) is 5.66. The molecule has 0 atom stereocenters. The lowest BCUT2D eigenvalue weighted by Gasteiger charge is -2.27. The van der Waals surface area contributed by atoms with Gasteiger partial charge >= 0.3 is 0 Å². The van der Waals surface area contributed by atoms with Crippen molar-refractivity contribution in [3.05, 3.63) is 298 Å². The van der Waals surface area contributed by atoms with Crippen molar-refractivity contribution in [1.29, 1.82) is 0 Å². The van der Waals surface area contributed by atoms with E-state index in [1.165, 1.54) is 22.3 Å². The minimum Gasteiger partial charge on any atom is -0.311 e. The van der Waals surface area contributed by atoms with Crippen molar-refractivity contribution in [2.24, 2.45) is 0 Å². The van der Waals surface area contributed by atoms with E-state index < -0.39 is 0 Å². The molecule has 0 aromatic heterocycles. The second-order valence-corrected chi connectivity index (χ2v) is 16.7. The number of hydrogen-bond acceptors (Lipinski definition) is 2. The third kappa shape index (κ3) is 9.26. The minimum atomic E-state index is 1.03. The topological polar surface area (TPSA) is 6.48 Å². The quantitative estimate of drug-likeness (QED) is 0.100. The number of hydrogen-bond donors (Lipinski definition) is 0. The molecule has 0 N–H and O–H groups in total. The molecule has 0 radical (unpaired) electrons. The summed E-state index contributed by atoms with van der Waals surface area (Å²) in [5, 5.41) is 0. The van der Waals surface area contributed by atoms with Crippen LogP contribution in [0, 0.1) is 0 Å². The first-order valence-electron chi connectivity index (χ1n) is 23.1. The maximum absolute atomic E-state index is 4.03. The highest BCUT2D eigenvalue weighted by atomic mass is 15.1. The highest BCUT2D eigenvalue weighted by Gasteiger charge is 2.18. The number of anilines is 6. The van der Waals surface area contributed by atoms with Crippen molar-refractivity contribution in [2.75, 3.05) is 9.80 Å². The monoisotopic (exact) mass is 870 g/mol. The summed E-state index contributed by atoms with van der Waals surface area (Å²) in [5.74, 6) is 0. The Morgan fingerprint density at radius 1 is 0.279 bits per heavy atom. The van der Waals surface area contributed by atoms with Crippen LogP contribution in [0.25, 0.3) is 61.2 Å². The number of benzene rings is 10. The molecule has 68 heavy (non-hydrogen) atoms. The van der Waals surface area contributed by atoms with Gasteiger partial charge in [0, 0.05) is 34.1 Å². The Labute approximate surface area is 401 Å². The largest absolute Gasteiger partial charge is 0.311 e. The fourth-order valence-corrected chi connectivity index (χ4v) is 9.00. The van der Waals surface area contributed by atoms with Gasteiger partial charge in [-0.1, -0.05) is 213 Å². The van der Waals surface area contributed by atoms with Crippen LogP contribution in [0.2, 0.25) is 0 Å². The second kappa shape index (κ2) is 20.0. The highest BCUT2D eigenvalue weighted by Crippen LogP contribution is 2.43. The molecule has 324 valence electrons. The van der Waals surface area contributed by atoms with E-state index >= 15 is 0 Å². The zero-order valence-corrected chi connectivity index (χ0v) is 37.9. The van der Waals surface area contributed by atoms with Crippen molar-refractivity contribution in [3.8, 4) is 55.6 Å². The third-order valence-electron chi connectivity index (χ3n) is 12.4. The molecule has 10 rings (SSSR count). The smallest absolute Gasteiger partial charge is 0.0468 e. The number of rotatable bonds is 14. The molecular formula is C66H50N2. The van der Waals surface area contributed by atoms with E-state index in [4.69, 9.17) is 0 Å². The lowest BCUT2D eigenvalue weighted by Crippen LogP contribution is -2.10. The van der Waals surface area contributed by atoms with E-state index in [9.17, 15) is 0 Å². The van der Waals surface area contributed by atoms with Crippen molar-refractivity contribution >= 4 is 39.7 Å². The van der Waals surface area contributed by atoms with Crippen LogP contribution < -0.4 is 9.80 Å². The SMILES string of the molecule is C=C/C=C(\C=C)c1ccc(N(c2ccccc2)c2ccc(-c3ccc(-c4ccc(N(c5ccccc5)c5ccc(-c6ccccc6)cc5)cc4)cc3)c(-c3cccc(-c4ccccc4)c3)c2)cc1. The first kappa shape index (κ1) is 42.9. The average molecular weight is 871 g/mol. The molecule has 10 aromatic rings. The number of allylic oxidation sites excluding steroid dienone is 4. The van der Waals surface area contributed by atoms with Crippen LogP contribution >= 0.6 is 0 Å². The molecule has 0 aliphatic rings. The van der Waals surface area contributed by atoms with Crippen LogP contribution in [-0.2, 0) is 0 Å². The summed E-state index contributed by atoms with van der Waals surface area (Å²) >= 11 is 0. The lowest BCUT2D eigenvalue weighted by atomic mass is 9.91. The molecule has 10 aromatic carbocycles. The summed E-state index contributed by atoms with van der Waals surface area (Å²) in [4.78, 5) is 4.64. The van der Waals surface area contributed by atoms with Gasteiger partial charge < -0.3 is 9.80 Å². The van der Waals surface area contributed by atoms with Crippen LogP contribution in [-0.4, -0.2) is 0 Å². The molecule has 2 nitrogen and oxygen atoms in total. The predicted molar refractivity (Wildman–Crippen MR) is 291 cm³/mol. The maximum atomic E-state index is 4.03. The van der Waals surface area contributed by atoms with E-state index in [0.717, 1.165) is 78.6 Å². The summed E-state index contributed by atoms with van der Waals surface area (Å²) in [5.41, 5.74) is 20.3. The Bertz CT molecular complexity index is 3300. The van der Waals surface area contributed by atoms with E-state index in [-0.39, 0.29) is 0 Å². The number of nitrogens with zero attached hydrogens (tertiary/aromatic N) is 2. The van der Waals surface area contributed by atoms with E-state index in [1.54, 1.807) is 6.08 Å². The standard InChI is InChI=1S/C66H50N2/c1-3-18-49(4-2)52-33-39-63(40-34-52)68(60-27-15-8-16-28-60)64-45-46-65(66(48-64)58-24-17-23-57(47-58)51-21-11-6-12-22-51)56-31-29-53(30-32-56)55-37-43-62(44-38-55)67(59-25-13-7-14-26-59)61-41-35-54(36-42-61)50-19-9-5-10-20-50/h3-48H,1-2H2/b49-18+. The van der Waals surface area contributed by atoms with Gasteiger partial charge in [0.1, 0.15) is 0 Å². The van der Waals surface area contributed by atoms with Crippen molar-refractivity contribution in [3.63, 3.8) is 0 Å². The van der Waals surface area contributed by atoms with Crippen LogP contribution in [0.15, 0.2) is 292 Å². The van der Waals surface area contributed by atoms with E-state index in [0.29, 0.717) is 0 Å². The van der Waals surface area contributed by atoms with Crippen molar-refractivity contribution < 1.29 is 0 Å². The Hall–Kier alpha value is -8.98. The molecule has 0 bridgehead atoms. The molecule has 0 spiro atoms. The summed E-state index contributed by atoms with van der Waals surface area (Å²) < 4.78 is 0. The van der Waals surface area contributed by atoms with Gasteiger partial charge in [-0.05, 0) is 146 Å². The first-order chi connectivity index (χ1) is 33.6. The number of para-hydroxylation sites is 2. The van der Waals surface area contributed by atoms with Crippen LogP contribution in [0.1, 0.15) is 5.56 Å². The molecular weight excluding hydrogens is 821 g/mol. The highest BCUT2D eigenvalue weighted by molar-refractivity contribution is 5.91. The zero-order chi connectivity index (χ0) is 46.1. The van der Waals surface area contributed by atoms with Gasteiger partial charge in [0.2, 0.25) is 0 Å². The maximum Gasteiger partial charge on any atom is 0.0468 e. The predicted octanol–water partition coefficient (Wildman–Crippen LogP) is 18.7. The minimum absolute atomic E-state index is 1.03. The zero-order valence-electron chi connectivity index (χ0n) is 37.9. The fraction of sp³-hybridized carbons (Fsp3) is 0. The molecule has 0 amide bonds. The molecule has 0 aliphatic heterocycles. The summed E-state index contributed by atoms with van der Waals surface area (Å²) in [6.45, 7) is 7.94. The third-order valence-corrected chi connectivity index (χ3v) is 12.4. The normalized spacial score (nSPS) is 11.1. The Morgan fingerprint density at radius 2 is 0.647 bits per heavy atom. The van der Waals surface area contributed by atoms with Gasteiger partial charge in [0.25, 0.3) is 0 Å². The Balaban J connectivity index is 1.01. The van der Waals surface area contributed by atoms with Gasteiger partial charge in [-0.25, -0.2) is 0 Å². The van der Waals surface area contributed by atoms with Gasteiger partial charge in [0.15, 0.2) is 0 Å². The van der Waals surface area contributed by atoms with Crippen LogP contribution in [0.4, 0.5) is 34.1 Å². The Kier molecular flexibility index (Phi) is 12.7. The van der Waals surface area contributed by atoms with Gasteiger partial charge in [-0.3, -0.25) is 0 Å². The van der Waals surface area contributed by atoms with E-state index in [1.807, 2.05) is 12.2 Å². The van der Waals surface area contributed by atoms with E-state index in [2.05, 4.69) is 284 Å². The fourth-order valence-electron chi connectivity index (χ4n) is 9.00. The molecule has 0 saturated heterocycles. The van der Waals surface area contributed by atoms with Crippen LogP contribution in [0.3, 0.4) is 0 Å². The lowest BCUT2D eigenvalue weighted by molar-refractivity contribution is 1.28. The summed E-state index contributed by atoms with van der Waals surface area (Å²) in [6, 6.07) is 93.5. The summed E-state index contributed by atoms with van der Waals surface area (Å²) in [7, 11) is 0. The second-order valence-electron chi connectivity index (χ2n) is 16.7. The molecule has 0 saturated carbocycles. The van der Waals surface area contributed by atoms with Gasteiger partial charge in [-0.15, -0.1) is 0 Å². The van der Waals surface area contributed by atoms with Crippen molar-refractivity contribution in [2.45, 2.75) is 0 Å². The van der Waals surface area contributed by atoms with Crippen molar-refractivity contribution in [1.82, 2.24) is 0 Å². The van der Waals surface area contributed by atoms with Gasteiger partial charge in [-0.2, -0.15) is 0 Å². The average Bonchev–Trinajstić information content (AvgIpc) is 3.42.